The third-order valence-electron chi connectivity index (χ3n) is 4.20. The van der Waals surface area contributed by atoms with E-state index in [4.69, 9.17) is 4.74 Å². The molecule has 0 amide bonds. The second kappa shape index (κ2) is 14.4. The minimum absolute atomic E-state index is 0. The maximum atomic E-state index is 5.36. The number of hydrogen-bond donors (Lipinski definition) is 2. The average Bonchev–Trinajstić information content (AvgIpc) is 3.06. The number of benzene rings is 1. The summed E-state index contributed by atoms with van der Waals surface area (Å²) in [4.78, 5) is 4.67. The van der Waals surface area contributed by atoms with Gasteiger partial charge in [0.2, 0.25) is 0 Å². The zero-order valence-electron chi connectivity index (χ0n) is 17.3. The Hall–Kier alpha value is -1.61. The molecule has 2 rings (SSSR count). The number of rotatable bonds is 11. The molecule has 0 bridgehead atoms. The van der Waals surface area contributed by atoms with Gasteiger partial charge in [0.25, 0.3) is 0 Å². The maximum absolute atomic E-state index is 5.36. The Labute approximate surface area is 186 Å². The lowest BCUT2D eigenvalue weighted by Gasteiger charge is -2.11. The van der Waals surface area contributed by atoms with Gasteiger partial charge in [0.05, 0.1) is 11.4 Å². The van der Waals surface area contributed by atoms with Gasteiger partial charge >= 0.3 is 0 Å². The maximum Gasteiger partial charge on any atom is 0.191 e. The second-order valence-corrected chi connectivity index (χ2v) is 6.36. The fourth-order valence-electron chi connectivity index (χ4n) is 2.78. The number of aromatic nitrogens is 2. The first-order valence-corrected chi connectivity index (χ1v) is 9.95. The van der Waals surface area contributed by atoms with Crippen molar-refractivity contribution in [3.63, 3.8) is 0 Å². The monoisotopic (exact) mass is 499 g/mol. The van der Waals surface area contributed by atoms with Crippen molar-refractivity contribution in [3.8, 4) is 5.69 Å². The van der Waals surface area contributed by atoms with Crippen molar-refractivity contribution in [1.29, 1.82) is 0 Å². The molecular formula is C21H34IN5O. The molecule has 156 valence electrons. The Morgan fingerprint density at radius 2 is 1.93 bits per heavy atom. The Kier molecular flexibility index (Phi) is 12.6. The van der Waals surface area contributed by atoms with E-state index in [0.29, 0.717) is 0 Å². The Balaban J connectivity index is 0.00000392. The van der Waals surface area contributed by atoms with Crippen LogP contribution in [0.25, 0.3) is 5.69 Å². The molecule has 28 heavy (non-hydrogen) atoms. The highest BCUT2D eigenvalue weighted by Gasteiger charge is 2.06. The summed E-state index contributed by atoms with van der Waals surface area (Å²) in [5.74, 6) is 0.880. The number of hydrogen-bond acceptors (Lipinski definition) is 3. The Morgan fingerprint density at radius 1 is 1.14 bits per heavy atom. The zero-order chi connectivity index (χ0) is 19.3. The van der Waals surface area contributed by atoms with Gasteiger partial charge in [0.15, 0.2) is 5.96 Å². The van der Waals surface area contributed by atoms with Crippen LogP contribution in [0.15, 0.2) is 41.5 Å². The molecule has 0 atom stereocenters. The summed E-state index contributed by atoms with van der Waals surface area (Å²) in [5.41, 5.74) is 3.46. The molecule has 6 nitrogen and oxygen atoms in total. The number of para-hydroxylation sites is 1. The first-order chi connectivity index (χ1) is 13.2. The van der Waals surface area contributed by atoms with E-state index in [9.17, 15) is 0 Å². The molecule has 2 aromatic rings. The SMILES string of the molecule is CCNC(=NCCCc1cn(-c2ccccc2)nc1C)NCCCOCC.I. The van der Waals surface area contributed by atoms with Gasteiger partial charge in [0.1, 0.15) is 0 Å². The molecule has 0 saturated carbocycles. The van der Waals surface area contributed by atoms with Crippen molar-refractivity contribution >= 4 is 29.9 Å². The molecule has 0 radical (unpaired) electrons. The van der Waals surface area contributed by atoms with Crippen LogP contribution in [0.2, 0.25) is 0 Å². The fourth-order valence-corrected chi connectivity index (χ4v) is 2.78. The van der Waals surface area contributed by atoms with Gasteiger partial charge in [-0.2, -0.15) is 5.10 Å². The van der Waals surface area contributed by atoms with E-state index in [1.165, 1.54) is 5.56 Å². The number of nitrogens with one attached hydrogen (secondary N) is 2. The number of nitrogens with zero attached hydrogens (tertiary/aromatic N) is 3. The minimum atomic E-state index is 0. The van der Waals surface area contributed by atoms with Gasteiger partial charge in [-0.1, -0.05) is 18.2 Å². The summed E-state index contributed by atoms with van der Waals surface area (Å²) in [7, 11) is 0. The third kappa shape index (κ3) is 8.60. The van der Waals surface area contributed by atoms with Crippen molar-refractivity contribution in [3.05, 3.63) is 47.8 Å². The number of aliphatic imine (C=N–C) groups is 1. The predicted molar refractivity (Wildman–Crippen MR) is 127 cm³/mol. The summed E-state index contributed by atoms with van der Waals surface area (Å²) >= 11 is 0. The van der Waals surface area contributed by atoms with Crippen LogP contribution in [-0.4, -0.2) is 48.6 Å². The summed E-state index contributed by atoms with van der Waals surface area (Å²) in [6, 6.07) is 10.2. The highest BCUT2D eigenvalue weighted by Crippen LogP contribution is 2.13. The van der Waals surface area contributed by atoms with Gasteiger partial charge < -0.3 is 15.4 Å². The molecule has 1 heterocycles. The predicted octanol–water partition coefficient (Wildman–Crippen LogP) is 3.71. The van der Waals surface area contributed by atoms with E-state index < -0.39 is 0 Å². The van der Waals surface area contributed by atoms with Crippen LogP contribution in [0.5, 0.6) is 0 Å². The summed E-state index contributed by atoms with van der Waals surface area (Å²) in [6.07, 6.45) is 5.09. The number of aryl methyl sites for hydroxylation is 2. The zero-order valence-corrected chi connectivity index (χ0v) is 19.6. The van der Waals surface area contributed by atoms with Crippen LogP contribution in [0.3, 0.4) is 0 Å². The second-order valence-electron chi connectivity index (χ2n) is 6.36. The van der Waals surface area contributed by atoms with E-state index >= 15 is 0 Å². The molecule has 0 aliphatic heterocycles. The number of ether oxygens (including phenoxy) is 1. The Bertz CT molecular complexity index is 687. The van der Waals surface area contributed by atoms with Crippen LogP contribution in [0.1, 0.15) is 37.9 Å². The lowest BCUT2D eigenvalue weighted by Crippen LogP contribution is -2.38. The average molecular weight is 499 g/mol. The van der Waals surface area contributed by atoms with Gasteiger partial charge in [-0.05, 0) is 57.7 Å². The topological polar surface area (TPSA) is 63.5 Å². The number of halogens is 1. The molecular weight excluding hydrogens is 465 g/mol. The number of guanidine groups is 1. The van der Waals surface area contributed by atoms with Crippen molar-refractivity contribution in [2.24, 2.45) is 4.99 Å². The summed E-state index contributed by atoms with van der Waals surface area (Å²) in [6.45, 7) is 10.2. The summed E-state index contributed by atoms with van der Waals surface area (Å²) < 4.78 is 7.32. The molecule has 0 saturated heterocycles. The van der Waals surface area contributed by atoms with Crippen LogP contribution in [0.4, 0.5) is 0 Å². The highest BCUT2D eigenvalue weighted by molar-refractivity contribution is 14.0. The van der Waals surface area contributed by atoms with Crippen LogP contribution in [-0.2, 0) is 11.2 Å². The van der Waals surface area contributed by atoms with E-state index in [0.717, 1.165) is 69.5 Å². The van der Waals surface area contributed by atoms with Crippen LogP contribution >= 0.6 is 24.0 Å². The first kappa shape index (κ1) is 24.4. The molecule has 0 unspecified atom stereocenters. The molecule has 7 heteroatoms. The third-order valence-corrected chi connectivity index (χ3v) is 4.20. The largest absolute Gasteiger partial charge is 0.382 e. The standard InChI is InChI=1S/C21H33N5O.HI/c1-4-22-21(24-15-10-16-27-5-2)23-14-9-11-19-17-26(25-18(19)3)20-12-7-6-8-13-20;/h6-8,12-13,17H,4-5,9-11,14-16H2,1-3H3,(H2,22,23,24);1H. The van der Waals surface area contributed by atoms with Crippen molar-refractivity contribution < 1.29 is 4.74 Å². The van der Waals surface area contributed by atoms with Gasteiger partial charge in [0, 0.05) is 39.0 Å². The lowest BCUT2D eigenvalue weighted by molar-refractivity contribution is 0.145. The van der Waals surface area contributed by atoms with Gasteiger partial charge in [-0.15, -0.1) is 24.0 Å². The first-order valence-electron chi connectivity index (χ1n) is 9.95. The van der Waals surface area contributed by atoms with E-state index in [1.807, 2.05) is 29.8 Å². The highest BCUT2D eigenvalue weighted by atomic mass is 127. The van der Waals surface area contributed by atoms with E-state index in [2.05, 4.69) is 52.9 Å². The smallest absolute Gasteiger partial charge is 0.191 e. The molecule has 2 N–H and O–H groups in total. The fraction of sp³-hybridized carbons (Fsp3) is 0.524. The molecule has 0 aliphatic rings. The molecule has 1 aromatic heterocycles. The Morgan fingerprint density at radius 3 is 2.64 bits per heavy atom. The van der Waals surface area contributed by atoms with E-state index in [-0.39, 0.29) is 24.0 Å². The van der Waals surface area contributed by atoms with Gasteiger partial charge in [-0.3, -0.25) is 4.99 Å². The minimum Gasteiger partial charge on any atom is -0.382 e. The summed E-state index contributed by atoms with van der Waals surface area (Å²) in [5, 5.41) is 11.3. The van der Waals surface area contributed by atoms with E-state index in [1.54, 1.807) is 0 Å². The van der Waals surface area contributed by atoms with Gasteiger partial charge in [-0.25, -0.2) is 4.68 Å². The molecule has 0 aliphatic carbocycles. The molecule has 0 spiro atoms. The van der Waals surface area contributed by atoms with Crippen LogP contribution in [0, 0.1) is 6.92 Å². The lowest BCUT2D eigenvalue weighted by atomic mass is 10.1. The molecule has 0 fully saturated rings. The molecule has 1 aromatic carbocycles. The van der Waals surface area contributed by atoms with Crippen molar-refractivity contribution in [1.82, 2.24) is 20.4 Å². The van der Waals surface area contributed by atoms with Crippen molar-refractivity contribution in [2.45, 2.75) is 40.0 Å². The normalized spacial score (nSPS) is 11.2. The quantitative estimate of drug-likeness (QED) is 0.214. The van der Waals surface area contributed by atoms with Crippen molar-refractivity contribution in [2.75, 3.05) is 32.8 Å². The van der Waals surface area contributed by atoms with Crippen LogP contribution < -0.4 is 10.6 Å².